The highest BCUT2D eigenvalue weighted by atomic mass is 16.5. The van der Waals surface area contributed by atoms with Crippen molar-refractivity contribution < 1.29 is 14.6 Å². The van der Waals surface area contributed by atoms with E-state index in [4.69, 9.17) is 5.11 Å². The third-order valence-corrected chi connectivity index (χ3v) is 0.684. The van der Waals surface area contributed by atoms with Gasteiger partial charge in [-0.2, -0.15) is 0 Å². The van der Waals surface area contributed by atoms with E-state index in [9.17, 15) is 4.79 Å². The Morgan fingerprint density at radius 2 is 2.25 bits per heavy atom. The molecule has 0 heterocycles. The molecule has 0 fully saturated rings. The molecule has 0 radical (unpaired) electrons. The van der Waals surface area contributed by atoms with Crippen LogP contribution in [0.3, 0.4) is 0 Å². The standard InChI is InChI=1S/C5H8O3/c1-4(7)5(3-6)8-2/h3,6H,1-2H3. The van der Waals surface area contributed by atoms with Crippen molar-refractivity contribution in [3.05, 3.63) is 12.0 Å². The van der Waals surface area contributed by atoms with E-state index in [2.05, 4.69) is 4.74 Å². The van der Waals surface area contributed by atoms with Crippen molar-refractivity contribution in [1.29, 1.82) is 0 Å². The maximum Gasteiger partial charge on any atom is 0.197 e. The van der Waals surface area contributed by atoms with Gasteiger partial charge in [0.05, 0.1) is 7.11 Å². The van der Waals surface area contributed by atoms with Gasteiger partial charge < -0.3 is 9.84 Å². The van der Waals surface area contributed by atoms with Crippen LogP contribution in [-0.2, 0) is 9.53 Å². The largest absolute Gasteiger partial charge is 0.512 e. The number of allylic oxidation sites excluding steroid dienone is 1. The minimum Gasteiger partial charge on any atom is -0.512 e. The van der Waals surface area contributed by atoms with Crippen LogP contribution in [0.4, 0.5) is 0 Å². The van der Waals surface area contributed by atoms with E-state index >= 15 is 0 Å². The molecule has 0 amide bonds. The van der Waals surface area contributed by atoms with Crippen LogP contribution in [0.25, 0.3) is 0 Å². The van der Waals surface area contributed by atoms with Gasteiger partial charge in [-0.05, 0) is 0 Å². The average molecular weight is 116 g/mol. The summed E-state index contributed by atoms with van der Waals surface area (Å²) >= 11 is 0. The number of carbonyl (C=O) groups is 1. The Kier molecular flexibility index (Phi) is 2.69. The van der Waals surface area contributed by atoms with E-state index < -0.39 is 0 Å². The number of aliphatic hydroxyl groups is 1. The van der Waals surface area contributed by atoms with Crippen molar-refractivity contribution in [2.45, 2.75) is 6.92 Å². The zero-order valence-electron chi connectivity index (χ0n) is 4.84. The molecular weight excluding hydrogens is 108 g/mol. The molecule has 0 bridgehead atoms. The van der Waals surface area contributed by atoms with Gasteiger partial charge in [0.25, 0.3) is 0 Å². The molecule has 0 aromatic rings. The summed E-state index contributed by atoms with van der Waals surface area (Å²) in [6.07, 6.45) is 0.641. The van der Waals surface area contributed by atoms with Gasteiger partial charge in [-0.15, -0.1) is 0 Å². The summed E-state index contributed by atoms with van der Waals surface area (Å²) in [6.45, 7) is 1.31. The van der Waals surface area contributed by atoms with Crippen LogP contribution in [0.15, 0.2) is 12.0 Å². The van der Waals surface area contributed by atoms with E-state index in [0.29, 0.717) is 6.26 Å². The first-order chi connectivity index (χ1) is 3.72. The Morgan fingerprint density at radius 1 is 1.75 bits per heavy atom. The number of hydrogen-bond acceptors (Lipinski definition) is 3. The van der Waals surface area contributed by atoms with Crippen LogP contribution in [0, 0.1) is 0 Å². The Balaban J connectivity index is 3.92. The Bertz CT molecular complexity index is 115. The van der Waals surface area contributed by atoms with Crippen molar-refractivity contribution >= 4 is 5.78 Å². The monoisotopic (exact) mass is 116 g/mol. The van der Waals surface area contributed by atoms with Gasteiger partial charge in [0.2, 0.25) is 0 Å². The smallest absolute Gasteiger partial charge is 0.197 e. The maximum absolute atomic E-state index is 10.3. The lowest BCUT2D eigenvalue weighted by Crippen LogP contribution is -1.97. The molecule has 0 aliphatic rings. The van der Waals surface area contributed by atoms with Crippen LogP contribution in [-0.4, -0.2) is 18.0 Å². The second-order valence-electron chi connectivity index (χ2n) is 1.25. The van der Waals surface area contributed by atoms with E-state index in [-0.39, 0.29) is 11.5 Å². The summed E-state index contributed by atoms with van der Waals surface area (Å²) in [5, 5.41) is 8.19. The molecule has 0 rings (SSSR count). The number of ketones is 1. The Morgan fingerprint density at radius 3 is 2.25 bits per heavy atom. The SMILES string of the molecule is COC(=CO)C(C)=O. The summed E-state index contributed by atoms with van der Waals surface area (Å²) in [4.78, 5) is 10.3. The quantitative estimate of drug-likeness (QED) is 0.425. The lowest BCUT2D eigenvalue weighted by Gasteiger charge is -1.95. The molecule has 3 nitrogen and oxygen atoms in total. The van der Waals surface area contributed by atoms with Crippen LogP contribution >= 0.6 is 0 Å². The van der Waals surface area contributed by atoms with Crippen molar-refractivity contribution in [1.82, 2.24) is 0 Å². The van der Waals surface area contributed by atoms with Gasteiger partial charge in [-0.3, -0.25) is 4.79 Å². The van der Waals surface area contributed by atoms with Crippen molar-refractivity contribution in [2.24, 2.45) is 0 Å². The van der Waals surface area contributed by atoms with Gasteiger partial charge >= 0.3 is 0 Å². The zero-order valence-corrected chi connectivity index (χ0v) is 4.84. The lowest BCUT2D eigenvalue weighted by molar-refractivity contribution is -0.116. The number of rotatable bonds is 2. The molecule has 0 saturated heterocycles. The van der Waals surface area contributed by atoms with Gasteiger partial charge in [0.15, 0.2) is 11.5 Å². The first-order valence-corrected chi connectivity index (χ1v) is 2.11. The van der Waals surface area contributed by atoms with Crippen LogP contribution in [0.1, 0.15) is 6.92 Å². The topological polar surface area (TPSA) is 46.5 Å². The molecule has 0 unspecified atom stereocenters. The predicted octanol–water partition coefficient (Wildman–Crippen LogP) is 0.621. The number of aliphatic hydroxyl groups excluding tert-OH is 1. The third-order valence-electron chi connectivity index (χ3n) is 0.684. The van der Waals surface area contributed by atoms with Crippen molar-refractivity contribution in [3.8, 4) is 0 Å². The van der Waals surface area contributed by atoms with E-state index in [1.807, 2.05) is 0 Å². The molecule has 0 aromatic heterocycles. The fraction of sp³-hybridized carbons (Fsp3) is 0.400. The summed E-state index contributed by atoms with van der Waals surface area (Å²) in [5.41, 5.74) is 0. The third kappa shape index (κ3) is 1.64. The van der Waals surface area contributed by atoms with Crippen LogP contribution in [0.5, 0.6) is 0 Å². The summed E-state index contributed by atoms with van der Waals surface area (Å²) < 4.78 is 4.42. The van der Waals surface area contributed by atoms with Gasteiger partial charge in [-0.1, -0.05) is 0 Å². The molecule has 1 N–H and O–H groups in total. The summed E-state index contributed by atoms with van der Waals surface area (Å²) in [5.74, 6) is -0.306. The second kappa shape index (κ2) is 3.07. The van der Waals surface area contributed by atoms with E-state index in [0.717, 1.165) is 0 Å². The molecule has 0 spiro atoms. The van der Waals surface area contributed by atoms with Gasteiger partial charge in [-0.25, -0.2) is 0 Å². The zero-order chi connectivity index (χ0) is 6.57. The summed E-state index contributed by atoms with van der Waals surface area (Å²) in [6, 6.07) is 0. The molecule has 0 aliphatic heterocycles. The van der Waals surface area contributed by atoms with E-state index in [1.165, 1.54) is 14.0 Å². The highest BCUT2D eigenvalue weighted by Gasteiger charge is 1.99. The Hall–Kier alpha value is -0.990. The summed E-state index contributed by atoms with van der Waals surface area (Å²) in [7, 11) is 1.32. The molecule has 46 valence electrons. The van der Waals surface area contributed by atoms with Gasteiger partial charge in [0, 0.05) is 6.92 Å². The predicted molar refractivity (Wildman–Crippen MR) is 28.4 cm³/mol. The number of Topliss-reactive ketones (excluding diaryl/α,β-unsaturated/α-hetero) is 1. The minimum absolute atomic E-state index is 0.0231. The minimum atomic E-state index is -0.282. The van der Waals surface area contributed by atoms with Crippen LogP contribution in [0.2, 0.25) is 0 Å². The first kappa shape index (κ1) is 7.01. The highest BCUT2D eigenvalue weighted by Crippen LogP contribution is 1.92. The van der Waals surface area contributed by atoms with Crippen molar-refractivity contribution in [3.63, 3.8) is 0 Å². The second-order valence-corrected chi connectivity index (χ2v) is 1.25. The highest BCUT2D eigenvalue weighted by molar-refractivity contribution is 5.90. The normalized spacial score (nSPS) is 11.0. The van der Waals surface area contributed by atoms with Gasteiger partial charge in [0.1, 0.15) is 6.26 Å². The molecule has 0 saturated carbocycles. The number of methoxy groups -OCH3 is 1. The fourth-order valence-corrected chi connectivity index (χ4v) is 0.287. The maximum atomic E-state index is 10.3. The molecule has 0 atom stereocenters. The van der Waals surface area contributed by atoms with Crippen molar-refractivity contribution in [2.75, 3.05) is 7.11 Å². The molecule has 0 aliphatic carbocycles. The average Bonchev–Trinajstić information content (AvgIpc) is 1.69. The fourth-order valence-electron chi connectivity index (χ4n) is 0.287. The van der Waals surface area contributed by atoms with Crippen LogP contribution < -0.4 is 0 Å². The number of ether oxygens (including phenoxy) is 1. The van der Waals surface area contributed by atoms with E-state index in [1.54, 1.807) is 0 Å². The molecule has 8 heavy (non-hydrogen) atoms. The molecule has 3 heteroatoms. The lowest BCUT2D eigenvalue weighted by atomic mass is 10.4. The number of hydrogen-bond donors (Lipinski definition) is 1. The first-order valence-electron chi connectivity index (χ1n) is 2.11. The molecular formula is C5H8O3. The molecule has 0 aromatic carbocycles. The Labute approximate surface area is 47.6 Å². The number of carbonyl (C=O) groups excluding carboxylic acids is 1.